The van der Waals surface area contributed by atoms with E-state index in [0.717, 1.165) is 16.1 Å². The molecule has 0 heterocycles. The summed E-state index contributed by atoms with van der Waals surface area (Å²) in [4.78, 5) is 28.2. The molecule has 0 spiro atoms. The third-order valence-electron chi connectivity index (χ3n) is 5.38. The number of halogens is 1. The molecule has 2 amide bonds. The van der Waals surface area contributed by atoms with Crippen LogP contribution in [0.2, 0.25) is 0 Å². The van der Waals surface area contributed by atoms with Crippen molar-refractivity contribution in [2.24, 2.45) is 5.92 Å². The number of nitrogens with one attached hydrogen (secondary N) is 1. The molecule has 0 aromatic heterocycles. The number of anilines is 1. The Kier molecular flexibility index (Phi) is 10.6. The van der Waals surface area contributed by atoms with E-state index < -0.39 is 28.5 Å². The van der Waals surface area contributed by atoms with Crippen LogP contribution in [0.15, 0.2) is 53.0 Å². The highest BCUT2D eigenvalue weighted by atomic mass is 79.9. The van der Waals surface area contributed by atoms with Crippen LogP contribution in [-0.4, -0.2) is 57.6 Å². The van der Waals surface area contributed by atoms with Crippen molar-refractivity contribution in [2.75, 3.05) is 30.8 Å². The molecule has 1 N–H and O–H groups in total. The minimum absolute atomic E-state index is 0.143. The number of rotatable bonds is 12. The molecule has 10 heteroatoms. The second kappa shape index (κ2) is 12.9. The molecule has 0 aliphatic rings. The van der Waals surface area contributed by atoms with Crippen molar-refractivity contribution in [2.45, 2.75) is 39.8 Å². The summed E-state index contributed by atoms with van der Waals surface area (Å²) in [5.74, 6) is 0.173. The molecule has 0 aliphatic heterocycles. The molecule has 0 bridgehead atoms. The molecular formula is C25H34BrN3O5S. The first kappa shape index (κ1) is 28.6. The van der Waals surface area contributed by atoms with Gasteiger partial charge in [-0.15, -0.1) is 0 Å². The standard InChI is InChI=1S/C25H34BrN3O5S/c1-6-22(25(31)27-15-18(2)3)28(16-19-11-13-20(34-4)14-12-19)24(30)17-29(35(5,32)33)23-10-8-7-9-21(23)26/h7-14,18,22H,6,15-17H2,1-5H3,(H,27,31)/t22-/m1/s1. The van der Waals surface area contributed by atoms with Crippen LogP contribution in [0.4, 0.5) is 5.69 Å². The van der Waals surface area contributed by atoms with E-state index in [1.54, 1.807) is 43.5 Å². The average molecular weight is 569 g/mol. The molecule has 2 aromatic rings. The van der Waals surface area contributed by atoms with E-state index in [9.17, 15) is 18.0 Å². The monoisotopic (exact) mass is 567 g/mol. The molecule has 2 aromatic carbocycles. The Bertz CT molecular complexity index is 1110. The maximum absolute atomic E-state index is 13.7. The fourth-order valence-corrected chi connectivity index (χ4v) is 5.00. The van der Waals surface area contributed by atoms with Crippen molar-refractivity contribution in [3.8, 4) is 5.75 Å². The number of hydrogen-bond acceptors (Lipinski definition) is 5. The molecule has 8 nitrogen and oxygen atoms in total. The Labute approximate surface area is 216 Å². The lowest BCUT2D eigenvalue weighted by atomic mass is 10.1. The summed E-state index contributed by atoms with van der Waals surface area (Å²) in [6.45, 7) is 5.99. The number of carbonyl (C=O) groups excluding carboxylic acids is 2. The highest BCUT2D eigenvalue weighted by Gasteiger charge is 2.32. The van der Waals surface area contributed by atoms with Gasteiger partial charge in [0.05, 0.1) is 19.1 Å². The zero-order chi connectivity index (χ0) is 26.2. The lowest BCUT2D eigenvalue weighted by Crippen LogP contribution is -2.52. The number of sulfonamides is 1. The number of carbonyl (C=O) groups is 2. The van der Waals surface area contributed by atoms with E-state index in [1.807, 2.05) is 32.9 Å². The van der Waals surface area contributed by atoms with Crippen molar-refractivity contribution in [1.29, 1.82) is 0 Å². The quantitative estimate of drug-likeness (QED) is 0.420. The van der Waals surface area contributed by atoms with Gasteiger partial charge >= 0.3 is 0 Å². The van der Waals surface area contributed by atoms with Crippen molar-refractivity contribution >= 4 is 43.5 Å². The molecule has 2 rings (SSSR count). The number of hydrogen-bond donors (Lipinski definition) is 1. The van der Waals surface area contributed by atoms with Crippen LogP contribution in [-0.2, 0) is 26.2 Å². The SMILES string of the molecule is CC[C@H](C(=O)NCC(C)C)N(Cc1ccc(OC)cc1)C(=O)CN(c1ccccc1Br)S(C)(=O)=O. The topological polar surface area (TPSA) is 96.0 Å². The number of para-hydroxylation sites is 1. The summed E-state index contributed by atoms with van der Waals surface area (Å²) in [5, 5.41) is 2.90. The number of methoxy groups -OCH3 is 1. The normalized spacial score (nSPS) is 12.2. The smallest absolute Gasteiger partial charge is 0.244 e. The van der Waals surface area contributed by atoms with Crippen LogP contribution < -0.4 is 14.4 Å². The minimum atomic E-state index is -3.79. The maximum Gasteiger partial charge on any atom is 0.244 e. The largest absolute Gasteiger partial charge is 0.497 e. The van der Waals surface area contributed by atoms with Crippen molar-refractivity contribution in [3.63, 3.8) is 0 Å². The lowest BCUT2D eigenvalue weighted by Gasteiger charge is -2.33. The highest BCUT2D eigenvalue weighted by Crippen LogP contribution is 2.28. The van der Waals surface area contributed by atoms with Gasteiger partial charge in [0.25, 0.3) is 0 Å². The Morgan fingerprint density at radius 3 is 2.23 bits per heavy atom. The van der Waals surface area contributed by atoms with Crippen LogP contribution in [0, 0.1) is 5.92 Å². The van der Waals surface area contributed by atoms with E-state index >= 15 is 0 Å². The molecule has 0 saturated heterocycles. The zero-order valence-corrected chi connectivity index (χ0v) is 23.2. The first-order valence-corrected chi connectivity index (χ1v) is 14.0. The van der Waals surface area contributed by atoms with Crippen molar-refractivity contribution < 1.29 is 22.7 Å². The number of nitrogens with zero attached hydrogens (tertiary/aromatic N) is 2. The molecule has 0 fully saturated rings. The number of ether oxygens (including phenoxy) is 1. The van der Waals surface area contributed by atoms with Gasteiger partial charge < -0.3 is 15.0 Å². The maximum atomic E-state index is 13.7. The van der Waals surface area contributed by atoms with Gasteiger partial charge in [0.1, 0.15) is 18.3 Å². The summed E-state index contributed by atoms with van der Waals surface area (Å²) < 4.78 is 32.1. The van der Waals surface area contributed by atoms with Gasteiger partial charge in [0.2, 0.25) is 21.8 Å². The molecule has 0 radical (unpaired) electrons. The molecule has 0 saturated carbocycles. The Morgan fingerprint density at radius 1 is 1.09 bits per heavy atom. The van der Waals surface area contributed by atoms with Crippen LogP contribution in [0.3, 0.4) is 0 Å². The Hall–Kier alpha value is -2.59. The molecule has 192 valence electrons. The van der Waals surface area contributed by atoms with Gasteiger partial charge in [-0.05, 0) is 58.1 Å². The van der Waals surface area contributed by atoms with E-state index in [0.29, 0.717) is 28.9 Å². The van der Waals surface area contributed by atoms with E-state index in [-0.39, 0.29) is 18.4 Å². The predicted molar refractivity (Wildman–Crippen MR) is 142 cm³/mol. The molecule has 0 aliphatic carbocycles. The van der Waals surface area contributed by atoms with Crippen LogP contribution >= 0.6 is 15.9 Å². The number of amides is 2. The third kappa shape index (κ3) is 8.24. The second-order valence-electron chi connectivity index (χ2n) is 8.65. The summed E-state index contributed by atoms with van der Waals surface area (Å²) in [7, 11) is -2.22. The fraction of sp³-hybridized carbons (Fsp3) is 0.440. The third-order valence-corrected chi connectivity index (χ3v) is 7.18. The number of benzene rings is 2. The fourth-order valence-electron chi connectivity index (χ4n) is 3.52. The lowest BCUT2D eigenvalue weighted by molar-refractivity contribution is -0.140. The first-order chi connectivity index (χ1) is 16.5. The van der Waals surface area contributed by atoms with Gasteiger partial charge in [0, 0.05) is 17.6 Å². The predicted octanol–water partition coefficient (Wildman–Crippen LogP) is 3.80. The van der Waals surface area contributed by atoms with Crippen LogP contribution in [0.1, 0.15) is 32.8 Å². The summed E-state index contributed by atoms with van der Waals surface area (Å²) in [6.07, 6.45) is 1.43. The zero-order valence-electron chi connectivity index (χ0n) is 20.8. The van der Waals surface area contributed by atoms with Crippen molar-refractivity contribution in [1.82, 2.24) is 10.2 Å². The van der Waals surface area contributed by atoms with E-state index in [2.05, 4.69) is 21.2 Å². The minimum Gasteiger partial charge on any atom is -0.497 e. The van der Waals surface area contributed by atoms with Crippen LogP contribution in [0.25, 0.3) is 0 Å². The highest BCUT2D eigenvalue weighted by molar-refractivity contribution is 9.10. The van der Waals surface area contributed by atoms with E-state index in [4.69, 9.17) is 4.74 Å². The average Bonchev–Trinajstić information content (AvgIpc) is 2.81. The summed E-state index contributed by atoms with van der Waals surface area (Å²) in [6, 6.07) is 13.2. The van der Waals surface area contributed by atoms with Crippen LogP contribution in [0.5, 0.6) is 5.75 Å². The molecular weight excluding hydrogens is 534 g/mol. The Morgan fingerprint density at radius 2 is 1.71 bits per heavy atom. The van der Waals surface area contributed by atoms with E-state index in [1.165, 1.54) is 4.90 Å². The van der Waals surface area contributed by atoms with Gasteiger partial charge in [0.15, 0.2) is 0 Å². The summed E-state index contributed by atoms with van der Waals surface area (Å²) in [5.41, 5.74) is 1.14. The van der Waals surface area contributed by atoms with Gasteiger partial charge in [-0.1, -0.05) is 45.0 Å². The second-order valence-corrected chi connectivity index (χ2v) is 11.4. The van der Waals surface area contributed by atoms with Gasteiger partial charge in [-0.25, -0.2) is 8.42 Å². The Balaban J connectivity index is 2.42. The van der Waals surface area contributed by atoms with Gasteiger partial charge in [-0.3, -0.25) is 13.9 Å². The van der Waals surface area contributed by atoms with Gasteiger partial charge in [-0.2, -0.15) is 0 Å². The van der Waals surface area contributed by atoms with Crippen molar-refractivity contribution in [3.05, 3.63) is 58.6 Å². The first-order valence-electron chi connectivity index (χ1n) is 11.4. The molecule has 35 heavy (non-hydrogen) atoms. The molecule has 1 atom stereocenters. The molecule has 0 unspecified atom stereocenters. The summed E-state index contributed by atoms with van der Waals surface area (Å²) >= 11 is 3.38.